The van der Waals surface area contributed by atoms with Gasteiger partial charge in [0.1, 0.15) is 6.07 Å². The maximum absolute atomic E-state index is 12.3. The van der Waals surface area contributed by atoms with E-state index in [-0.39, 0.29) is 11.3 Å². The molecule has 21 heavy (non-hydrogen) atoms. The number of nitrogens with one attached hydrogen (secondary N) is 1. The molecule has 0 aliphatic heterocycles. The highest BCUT2D eigenvalue weighted by molar-refractivity contribution is 6.31. The minimum Gasteiger partial charge on any atom is -0.330 e. The van der Waals surface area contributed by atoms with Crippen LogP contribution in [0.1, 0.15) is 44.1 Å². The van der Waals surface area contributed by atoms with Gasteiger partial charge in [0.05, 0.1) is 11.3 Å². The highest BCUT2D eigenvalue weighted by Crippen LogP contribution is 2.38. The van der Waals surface area contributed by atoms with Crippen molar-refractivity contribution >= 4 is 23.2 Å². The smallest absolute Gasteiger partial charge is 0.225 e. The lowest BCUT2D eigenvalue weighted by Crippen LogP contribution is -2.36. The van der Waals surface area contributed by atoms with Crippen molar-refractivity contribution in [3.05, 3.63) is 28.8 Å². The van der Waals surface area contributed by atoms with E-state index in [1.165, 1.54) is 6.42 Å². The number of nitrogens with two attached hydrogens (primary N) is 1. The average Bonchev–Trinajstić information content (AvgIpc) is 2.48. The molecule has 0 heterocycles. The Balaban J connectivity index is 2.08. The predicted molar refractivity (Wildman–Crippen MR) is 84.0 cm³/mol. The first-order chi connectivity index (χ1) is 10.1. The molecule has 0 spiro atoms. The van der Waals surface area contributed by atoms with Gasteiger partial charge in [0.25, 0.3) is 0 Å². The first-order valence-corrected chi connectivity index (χ1v) is 7.66. The number of amides is 1. The van der Waals surface area contributed by atoms with Crippen molar-refractivity contribution in [2.45, 2.75) is 38.5 Å². The Morgan fingerprint density at radius 1 is 1.38 bits per heavy atom. The summed E-state index contributed by atoms with van der Waals surface area (Å²) in [6, 6.07) is 6.91. The Bertz CT molecular complexity index is 559. The number of benzene rings is 1. The summed E-state index contributed by atoms with van der Waals surface area (Å²) in [7, 11) is 0. The Hall–Kier alpha value is -1.57. The van der Waals surface area contributed by atoms with E-state index < -0.39 is 0 Å². The van der Waals surface area contributed by atoms with Crippen LogP contribution >= 0.6 is 11.6 Å². The standard InChI is InChI=1S/C16H20ClN3O/c17-13-5-4-12(10-18)14(8-13)20-15(21)9-16(11-19)6-2-1-3-7-16/h4-5,8H,1-3,6-7,9,11,19H2,(H,20,21). The molecule has 2 rings (SSSR count). The third-order valence-electron chi connectivity index (χ3n) is 4.26. The monoisotopic (exact) mass is 305 g/mol. The van der Waals surface area contributed by atoms with E-state index >= 15 is 0 Å². The van der Waals surface area contributed by atoms with Crippen molar-refractivity contribution in [2.24, 2.45) is 11.1 Å². The van der Waals surface area contributed by atoms with Gasteiger partial charge in [-0.1, -0.05) is 30.9 Å². The summed E-state index contributed by atoms with van der Waals surface area (Å²) >= 11 is 5.92. The van der Waals surface area contributed by atoms with Crippen molar-refractivity contribution in [1.82, 2.24) is 0 Å². The van der Waals surface area contributed by atoms with Gasteiger partial charge >= 0.3 is 0 Å². The summed E-state index contributed by atoms with van der Waals surface area (Å²) < 4.78 is 0. The molecule has 4 nitrogen and oxygen atoms in total. The van der Waals surface area contributed by atoms with Crippen LogP contribution in [0.25, 0.3) is 0 Å². The Labute approximate surface area is 130 Å². The molecule has 1 amide bonds. The normalized spacial score (nSPS) is 17.0. The van der Waals surface area contributed by atoms with Crippen LogP contribution in [0.3, 0.4) is 0 Å². The molecule has 112 valence electrons. The maximum Gasteiger partial charge on any atom is 0.225 e. The lowest BCUT2D eigenvalue weighted by molar-refractivity contribution is -0.118. The number of anilines is 1. The molecule has 1 aromatic carbocycles. The molecule has 5 heteroatoms. The van der Waals surface area contributed by atoms with E-state index in [1.54, 1.807) is 18.2 Å². The van der Waals surface area contributed by atoms with Crippen LogP contribution in [0.15, 0.2) is 18.2 Å². The molecule has 0 aromatic heterocycles. The van der Waals surface area contributed by atoms with Crippen LogP contribution in [0.4, 0.5) is 5.69 Å². The van der Waals surface area contributed by atoms with Gasteiger partial charge in [0.2, 0.25) is 5.91 Å². The number of nitriles is 1. The molecule has 0 saturated heterocycles. The first-order valence-electron chi connectivity index (χ1n) is 7.28. The second-order valence-corrected chi connectivity index (χ2v) is 6.23. The van der Waals surface area contributed by atoms with Crippen LogP contribution < -0.4 is 11.1 Å². The summed E-state index contributed by atoms with van der Waals surface area (Å²) in [5.41, 5.74) is 6.70. The first kappa shape index (κ1) is 15.8. The largest absolute Gasteiger partial charge is 0.330 e. The molecule has 0 bridgehead atoms. The Morgan fingerprint density at radius 2 is 2.10 bits per heavy atom. The Kier molecular flexibility index (Phi) is 5.22. The minimum atomic E-state index is -0.0962. The van der Waals surface area contributed by atoms with Gasteiger partial charge in [-0.2, -0.15) is 5.26 Å². The second kappa shape index (κ2) is 6.93. The molecular formula is C16H20ClN3O. The zero-order valence-electron chi connectivity index (χ0n) is 12.0. The van der Waals surface area contributed by atoms with Gasteiger partial charge in [-0.05, 0) is 43.0 Å². The molecule has 3 N–H and O–H groups in total. The number of nitrogens with zero attached hydrogens (tertiary/aromatic N) is 1. The number of hydrogen-bond acceptors (Lipinski definition) is 3. The summed E-state index contributed by atoms with van der Waals surface area (Å²) in [5.74, 6) is -0.0962. The fraction of sp³-hybridized carbons (Fsp3) is 0.500. The number of hydrogen-bond donors (Lipinski definition) is 2. The molecule has 1 aliphatic rings. The molecule has 0 radical (unpaired) electrons. The maximum atomic E-state index is 12.3. The van der Waals surface area contributed by atoms with Gasteiger partial charge < -0.3 is 11.1 Å². The number of carbonyl (C=O) groups is 1. The zero-order chi connectivity index (χ0) is 15.3. The van der Waals surface area contributed by atoms with Gasteiger partial charge in [-0.3, -0.25) is 4.79 Å². The fourth-order valence-electron chi connectivity index (χ4n) is 3.01. The molecule has 0 unspecified atom stereocenters. The quantitative estimate of drug-likeness (QED) is 0.894. The van der Waals surface area contributed by atoms with E-state index in [4.69, 9.17) is 22.6 Å². The molecule has 1 fully saturated rings. The molecular weight excluding hydrogens is 286 g/mol. The summed E-state index contributed by atoms with van der Waals surface area (Å²) in [6.07, 6.45) is 5.88. The third-order valence-corrected chi connectivity index (χ3v) is 4.49. The molecule has 1 aliphatic carbocycles. The second-order valence-electron chi connectivity index (χ2n) is 5.79. The van der Waals surface area contributed by atoms with Crippen LogP contribution in [0, 0.1) is 16.7 Å². The van der Waals surface area contributed by atoms with Crippen molar-refractivity contribution in [3.63, 3.8) is 0 Å². The number of rotatable bonds is 4. The van der Waals surface area contributed by atoms with Crippen molar-refractivity contribution in [2.75, 3.05) is 11.9 Å². The molecule has 1 saturated carbocycles. The highest BCUT2D eigenvalue weighted by Gasteiger charge is 2.33. The van der Waals surface area contributed by atoms with E-state index in [0.717, 1.165) is 25.7 Å². The van der Waals surface area contributed by atoms with Crippen LogP contribution in [0.2, 0.25) is 5.02 Å². The van der Waals surface area contributed by atoms with Crippen molar-refractivity contribution in [3.8, 4) is 6.07 Å². The summed E-state index contributed by atoms with van der Waals surface area (Å²) in [4.78, 5) is 12.3. The van der Waals surface area contributed by atoms with Crippen molar-refractivity contribution in [1.29, 1.82) is 5.26 Å². The van der Waals surface area contributed by atoms with E-state index in [2.05, 4.69) is 11.4 Å². The summed E-state index contributed by atoms with van der Waals surface area (Å²) in [6.45, 7) is 0.529. The van der Waals surface area contributed by atoms with Gasteiger partial charge in [-0.25, -0.2) is 0 Å². The highest BCUT2D eigenvalue weighted by atomic mass is 35.5. The van der Waals surface area contributed by atoms with Gasteiger partial charge in [0, 0.05) is 11.4 Å². The average molecular weight is 306 g/mol. The minimum absolute atomic E-state index is 0.0896. The Morgan fingerprint density at radius 3 is 2.71 bits per heavy atom. The lowest BCUT2D eigenvalue weighted by Gasteiger charge is -2.35. The fourth-order valence-corrected chi connectivity index (χ4v) is 3.18. The number of halogens is 1. The van der Waals surface area contributed by atoms with Gasteiger partial charge in [-0.15, -0.1) is 0 Å². The predicted octanol–water partition coefficient (Wildman–Crippen LogP) is 3.45. The lowest BCUT2D eigenvalue weighted by atomic mass is 9.71. The van der Waals surface area contributed by atoms with Crippen molar-refractivity contribution < 1.29 is 4.79 Å². The van der Waals surface area contributed by atoms with E-state index in [1.807, 2.05) is 0 Å². The van der Waals surface area contributed by atoms with Crippen LogP contribution in [-0.2, 0) is 4.79 Å². The SMILES string of the molecule is N#Cc1ccc(Cl)cc1NC(=O)CC1(CN)CCCCC1. The van der Waals surface area contributed by atoms with E-state index in [9.17, 15) is 4.79 Å². The number of carbonyl (C=O) groups excluding carboxylic acids is 1. The third kappa shape index (κ3) is 3.96. The van der Waals surface area contributed by atoms with Crippen LogP contribution in [-0.4, -0.2) is 12.5 Å². The van der Waals surface area contributed by atoms with Crippen LogP contribution in [0.5, 0.6) is 0 Å². The molecule has 1 aromatic rings. The van der Waals surface area contributed by atoms with Gasteiger partial charge in [0.15, 0.2) is 0 Å². The van der Waals surface area contributed by atoms with E-state index in [0.29, 0.717) is 29.2 Å². The molecule has 0 atom stereocenters. The summed E-state index contributed by atoms with van der Waals surface area (Å²) in [5, 5.41) is 12.4. The zero-order valence-corrected chi connectivity index (χ0v) is 12.7. The topological polar surface area (TPSA) is 78.9 Å².